The molecule has 0 aromatic heterocycles. The summed E-state index contributed by atoms with van der Waals surface area (Å²) in [6.45, 7) is 3.87. The highest BCUT2D eigenvalue weighted by Gasteiger charge is 2.37. The van der Waals surface area contributed by atoms with Crippen molar-refractivity contribution in [3.05, 3.63) is 41.2 Å². The van der Waals surface area contributed by atoms with E-state index in [0.717, 1.165) is 25.7 Å². The molecular weight excluding hydrogens is 378 g/mol. The van der Waals surface area contributed by atoms with E-state index in [0.29, 0.717) is 24.8 Å². The van der Waals surface area contributed by atoms with Crippen LogP contribution in [0.3, 0.4) is 0 Å². The highest BCUT2D eigenvalue weighted by molar-refractivity contribution is 5.75. The zero-order valence-corrected chi connectivity index (χ0v) is 17.2. The Morgan fingerprint density at radius 3 is 2.59 bits per heavy atom. The van der Waals surface area contributed by atoms with Gasteiger partial charge in [0.25, 0.3) is 0 Å². The Morgan fingerprint density at radius 2 is 2.00 bits per heavy atom. The molecule has 160 valence electrons. The van der Waals surface area contributed by atoms with Gasteiger partial charge in [0.2, 0.25) is 0 Å². The largest absolute Gasteiger partial charge is 0.423 e. The first-order valence-electron chi connectivity index (χ1n) is 10.5. The Morgan fingerprint density at radius 1 is 1.24 bits per heavy atom. The Kier molecular flexibility index (Phi) is 7.41. The quantitative estimate of drug-likeness (QED) is 0.324. The maximum Gasteiger partial charge on any atom is 0.314 e. The number of esters is 1. The third kappa shape index (κ3) is 5.64. The van der Waals surface area contributed by atoms with Gasteiger partial charge in [0.15, 0.2) is 23.5 Å². The number of allylic oxidation sites excluding steroid dienone is 2. The number of carbonyl (C=O) groups excluding carboxylic acids is 1. The van der Waals surface area contributed by atoms with Gasteiger partial charge in [0.05, 0.1) is 19.1 Å². The third-order valence-electron chi connectivity index (χ3n) is 5.53. The summed E-state index contributed by atoms with van der Waals surface area (Å²) in [5, 5.41) is 0. The van der Waals surface area contributed by atoms with E-state index < -0.39 is 23.7 Å². The molecule has 1 aromatic rings. The average Bonchev–Trinajstić information content (AvgIpc) is 2.71. The Balaban J connectivity index is 1.57. The number of rotatable bonds is 7. The van der Waals surface area contributed by atoms with Crippen molar-refractivity contribution < 1.29 is 27.8 Å². The minimum atomic E-state index is -1.50. The molecule has 0 saturated carbocycles. The first-order valence-corrected chi connectivity index (χ1v) is 10.5. The van der Waals surface area contributed by atoms with Crippen molar-refractivity contribution in [2.24, 2.45) is 5.92 Å². The molecule has 0 radical (unpaired) electrons. The van der Waals surface area contributed by atoms with Crippen LogP contribution in [-0.2, 0) is 14.3 Å². The van der Waals surface area contributed by atoms with E-state index in [-0.39, 0.29) is 24.9 Å². The van der Waals surface area contributed by atoms with Gasteiger partial charge in [-0.2, -0.15) is 0 Å². The lowest BCUT2D eigenvalue weighted by Gasteiger charge is -2.34. The summed E-state index contributed by atoms with van der Waals surface area (Å²) in [5.74, 6) is -1.42. The SMILES string of the molecule is CCCC1=CCC(C(=O)Oc2ccc(C3OCC(F)(CCC)CO3)cc2F)CC1. The summed E-state index contributed by atoms with van der Waals surface area (Å²) >= 11 is 0. The first kappa shape index (κ1) is 21.9. The van der Waals surface area contributed by atoms with Gasteiger partial charge in [-0.15, -0.1) is 0 Å². The van der Waals surface area contributed by atoms with Crippen molar-refractivity contribution in [3.8, 4) is 5.75 Å². The molecule has 1 fully saturated rings. The standard InChI is InChI=1S/C23H30F2O4/c1-3-5-16-6-8-17(9-7-16)21(26)29-20-11-10-18(13-19(20)24)22-27-14-23(25,12-4-2)15-28-22/h6,10-11,13,17,22H,3-5,7-9,12,14-15H2,1-2H3. The molecule has 1 aliphatic carbocycles. The maximum atomic E-state index is 14.5. The lowest BCUT2D eigenvalue weighted by Crippen LogP contribution is -2.41. The summed E-state index contributed by atoms with van der Waals surface area (Å²) < 4.78 is 45.1. The minimum absolute atomic E-state index is 0.0842. The first-order chi connectivity index (χ1) is 13.9. The fourth-order valence-electron chi connectivity index (χ4n) is 3.91. The van der Waals surface area contributed by atoms with Gasteiger partial charge in [-0.1, -0.05) is 44.4 Å². The number of hydrogen-bond donors (Lipinski definition) is 0. The van der Waals surface area contributed by atoms with Gasteiger partial charge in [0.1, 0.15) is 0 Å². The second-order valence-corrected chi connectivity index (χ2v) is 8.05. The van der Waals surface area contributed by atoms with E-state index in [9.17, 15) is 13.6 Å². The number of benzene rings is 1. The van der Waals surface area contributed by atoms with Crippen LogP contribution in [0.15, 0.2) is 29.8 Å². The average molecular weight is 408 g/mol. The maximum absolute atomic E-state index is 14.5. The molecule has 1 saturated heterocycles. The molecule has 1 aromatic carbocycles. The molecule has 6 heteroatoms. The van der Waals surface area contributed by atoms with Gasteiger partial charge < -0.3 is 14.2 Å². The predicted molar refractivity (Wildman–Crippen MR) is 106 cm³/mol. The van der Waals surface area contributed by atoms with Crippen LogP contribution in [0.2, 0.25) is 0 Å². The van der Waals surface area contributed by atoms with Crippen LogP contribution < -0.4 is 4.74 Å². The van der Waals surface area contributed by atoms with Gasteiger partial charge in [-0.25, -0.2) is 8.78 Å². The topological polar surface area (TPSA) is 44.8 Å². The Bertz CT molecular complexity index is 738. The number of alkyl halides is 1. The summed E-state index contributed by atoms with van der Waals surface area (Å²) in [5.41, 5.74) is 0.325. The van der Waals surface area contributed by atoms with Crippen molar-refractivity contribution in [2.75, 3.05) is 13.2 Å². The summed E-state index contributed by atoms with van der Waals surface area (Å²) in [4.78, 5) is 12.4. The molecule has 3 rings (SSSR count). The molecule has 1 unspecified atom stereocenters. The highest BCUT2D eigenvalue weighted by atomic mass is 19.1. The Labute approximate surface area is 171 Å². The summed E-state index contributed by atoms with van der Waals surface area (Å²) in [6.07, 6.45) is 6.76. The van der Waals surface area contributed by atoms with Crippen molar-refractivity contribution in [1.29, 1.82) is 0 Å². The van der Waals surface area contributed by atoms with Gasteiger partial charge in [-0.3, -0.25) is 4.79 Å². The molecule has 4 nitrogen and oxygen atoms in total. The van der Waals surface area contributed by atoms with Crippen LogP contribution >= 0.6 is 0 Å². The van der Waals surface area contributed by atoms with Crippen molar-refractivity contribution in [2.45, 2.75) is 70.8 Å². The summed E-state index contributed by atoms with van der Waals surface area (Å²) in [6, 6.07) is 4.21. The van der Waals surface area contributed by atoms with Gasteiger partial charge in [0, 0.05) is 5.56 Å². The fourth-order valence-corrected chi connectivity index (χ4v) is 3.91. The highest BCUT2D eigenvalue weighted by Crippen LogP contribution is 2.34. The number of halogens is 2. The molecule has 1 aliphatic heterocycles. The lowest BCUT2D eigenvalue weighted by atomic mass is 9.88. The monoisotopic (exact) mass is 408 g/mol. The fraction of sp³-hybridized carbons (Fsp3) is 0.609. The van der Waals surface area contributed by atoms with E-state index in [2.05, 4.69) is 13.0 Å². The number of hydrogen-bond acceptors (Lipinski definition) is 4. The zero-order chi connectivity index (χ0) is 20.9. The second-order valence-electron chi connectivity index (χ2n) is 8.05. The molecule has 1 atom stereocenters. The van der Waals surface area contributed by atoms with Crippen LogP contribution in [0, 0.1) is 11.7 Å². The van der Waals surface area contributed by atoms with E-state index in [1.54, 1.807) is 6.07 Å². The van der Waals surface area contributed by atoms with E-state index in [4.69, 9.17) is 14.2 Å². The van der Waals surface area contributed by atoms with Gasteiger partial charge >= 0.3 is 5.97 Å². The molecule has 2 aliphatic rings. The molecule has 0 bridgehead atoms. The summed E-state index contributed by atoms with van der Waals surface area (Å²) in [7, 11) is 0. The molecule has 0 N–H and O–H groups in total. The van der Waals surface area contributed by atoms with Crippen LogP contribution in [-0.4, -0.2) is 24.9 Å². The van der Waals surface area contributed by atoms with Crippen molar-refractivity contribution in [3.63, 3.8) is 0 Å². The normalized spacial score (nSPS) is 27.4. The van der Waals surface area contributed by atoms with Gasteiger partial charge in [-0.05, 0) is 44.2 Å². The molecule has 0 spiro atoms. The van der Waals surface area contributed by atoms with Crippen molar-refractivity contribution in [1.82, 2.24) is 0 Å². The molecule has 0 amide bonds. The number of ether oxygens (including phenoxy) is 3. The molecular formula is C23H30F2O4. The lowest BCUT2D eigenvalue weighted by molar-refractivity contribution is -0.239. The Hall–Kier alpha value is -1.79. The molecule has 29 heavy (non-hydrogen) atoms. The van der Waals surface area contributed by atoms with Crippen LogP contribution in [0.4, 0.5) is 8.78 Å². The van der Waals surface area contributed by atoms with E-state index in [1.165, 1.54) is 17.7 Å². The van der Waals surface area contributed by atoms with Crippen LogP contribution in [0.25, 0.3) is 0 Å². The number of carbonyl (C=O) groups is 1. The predicted octanol–water partition coefficient (Wildman–Crippen LogP) is 5.81. The van der Waals surface area contributed by atoms with Crippen molar-refractivity contribution >= 4 is 5.97 Å². The van der Waals surface area contributed by atoms with E-state index >= 15 is 0 Å². The van der Waals surface area contributed by atoms with Crippen LogP contribution in [0.1, 0.15) is 70.6 Å². The van der Waals surface area contributed by atoms with Crippen LogP contribution in [0.5, 0.6) is 5.75 Å². The third-order valence-corrected chi connectivity index (χ3v) is 5.53. The zero-order valence-electron chi connectivity index (χ0n) is 17.2. The minimum Gasteiger partial charge on any atom is -0.423 e. The molecule has 1 heterocycles. The second kappa shape index (κ2) is 9.81. The van der Waals surface area contributed by atoms with E-state index in [1.807, 2.05) is 6.92 Å². The smallest absolute Gasteiger partial charge is 0.314 e.